The molecule has 5 nitrogen and oxygen atoms in total. The van der Waals surface area contributed by atoms with E-state index in [1.165, 1.54) is 23.5 Å². The number of halogens is 3. The number of hydrogen-bond donors (Lipinski definition) is 1. The predicted octanol–water partition coefficient (Wildman–Crippen LogP) is 3.82. The van der Waals surface area contributed by atoms with Gasteiger partial charge < -0.3 is 4.74 Å². The molecule has 9 heteroatoms. The van der Waals surface area contributed by atoms with Crippen LogP contribution >= 0.6 is 11.3 Å². The second kappa shape index (κ2) is 6.93. The average Bonchev–Trinajstić information content (AvgIpc) is 3.02. The normalized spacial score (nSPS) is 11.7. The SMILES string of the molecule is N#C/C(=N\Nc1ccc(OC(F)(F)F)cc1)C(=O)c1ccsc1. The molecular formula is C14H8F3N3O2S. The summed E-state index contributed by atoms with van der Waals surface area (Å²) in [4.78, 5) is 11.9. The number of Topliss-reactive ketones (excluding diaryl/α,β-unsaturated/α-hetero) is 1. The van der Waals surface area contributed by atoms with Crippen LogP contribution in [0.5, 0.6) is 5.75 Å². The molecule has 0 atom stereocenters. The molecule has 1 aromatic carbocycles. The van der Waals surface area contributed by atoms with Gasteiger partial charge in [0.1, 0.15) is 11.8 Å². The highest BCUT2D eigenvalue weighted by molar-refractivity contribution is 7.08. The van der Waals surface area contributed by atoms with Crippen LogP contribution in [0.2, 0.25) is 0 Å². The number of nitrogens with zero attached hydrogens (tertiary/aromatic N) is 2. The fourth-order valence-corrected chi connectivity index (χ4v) is 2.14. The minimum Gasteiger partial charge on any atom is -0.406 e. The summed E-state index contributed by atoms with van der Waals surface area (Å²) in [5.41, 5.74) is 2.71. The third-order valence-corrected chi connectivity index (χ3v) is 3.17. The van der Waals surface area contributed by atoms with Crippen LogP contribution in [-0.4, -0.2) is 17.9 Å². The van der Waals surface area contributed by atoms with E-state index in [0.717, 1.165) is 12.1 Å². The summed E-state index contributed by atoms with van der Waals surface area (Å²) in [6, 6.07) is 7.94. The number of anilines is 1. The number of ketones is 1. The molecule has 0 spiro atoms. The maximum atomic E-state index is 12.0. The molecule has 1 N–H and O–H groups in total. The third kappa shape index (κ3) is 4.82. The molecule has 0 unspecified atom stereocenters. The minimum atomic E-state index is -4.77. The lowest BCUT2D eigenvalue weighted by Crippen LogP contribution is -2.17. The lowest BCUT2D eigenvalue weighted by molar-refractivity contribution is -0.274. The molecule has 118 valence electrons. The number of carbonyl (C=O) groups is 1. The Morgan fingerprint density at radius 3 is 2.48 bits per heavy atom. The van der Waals surface area contributed by atoms with Crippen molar-refractivity contribution in [2.45, 2.75) is 6.36 Å². The van der Waals surface area contributed by atoms with Gasteiger partial charge in [-0.3, -0.25) is 10.2 Å². The van der Waals surface area contributed by atoms with Gasteiger partial charge in [-0.1, -0.05) is 0 Å². The fourth-order valence-electron chi connectivity index (χ4n) is 1.51. The van der Waals surface area contributed by atoms with Crippen molar-refractivity contribution in [1.82, 2.24) is 0 Å². The quantitative estimate of drug-likeness (QED) is 0.510. The molecule has 1 aromatic heterocycles. The number of benzene rings is 1. The molecule has 0 radical (unpaired) electrons. The van der Waals surface area contributed by atoms with Crippen LogP contribution in [-0.2, 0) is 0 Å². The maximum absolute atomic E-state index is 12.0. The molecule has 0 aliphatic heterocycles. The first kappa shape index (κ1) is 16.5. The van der Waals surface area contributed by atoms with Gasteiger partial charge >= 0.3 is 6.36 Å². The maximum Gasteiger partial charge on any atom is 0.573 e. The number of hydrazone groups is 1. The Kier molecular flexibility index (Phi) is 4.98. The van der Waals surface area contributed by atoms with Crippen molar-refractivity contribution in [3.05, 3.63) is 46.7 Å². The van der Waals surface area contributed by atoms with Crippen molar-refractivity contribution < 1.29 is 22.7 Å². The van der Waals surface area contributed by atoms with E-state index in [0.29, 0.717) is 11.3 Å². The summed E-state index contributed by atoms with van der Waals surface area (Å²) in [6.07, 6.45) is -4.77. The van der Waals surface area contributed by atoms with Gasteiger partial charge in [0.25, 0.3) is 0 Å². The summed E-state index contributed by atoms with van der Waals surface area (Å²) in [5, 5.41) is 15.9. The van der Waals surface area contributed by atoms with Gasteiger partial charge in [-0.15, -0.1) is 13.2 Å². The van der Waals surface area contributed by atoms with Gasteiger partial charge in [-0.05, 0) is 35.7 Å². The van der Waals surface area contributed by atoms with E-state index in [9.17, 15) is 18.0 Å². The molecule has 0 aliphatic rings. The highest BCUT2D eigenvalue weighted by atomic mass is 32.1. The molecule has 2 rings (SSSR count). The van der Waals surface area contributed by atoms with Crippen LogP contribution in [0, 0.1) is 11.3 Å². The Balaban J connectivity index is 2.06. The lowest BCUT2D eigenvalue weighted by atomic mass is 10.1. The van der Waals surface area contributed by atoms with Crippen molar-refractivity contribution in [1.29, 1.82) is 5.26 Å². The molecule has 0 fully saturated rings. The standard InChI is InChI=1S/C14H8F3N3O2S/c15-14(16,17)22-11-3-1-10(2-4-11)19-20-12(7-18)13(21)9-5-6-23-8-9/h1-6,8,19H/b20-12+. The van der Waals surface area contributed by atoms with E-state index in [-0.39, 0.29) is 11.5 Å². The van der Waals surface area contributed by atoms with Crippen LogP contribution in [0.1, 0.15) is 10.4 Å². The zero-order valence-corrected chi connectivity index (χ0v) is 12.1. The number of hydrogen-bond acceptors (Lipinski definition) is 6. The zero-order valence-electron chi connectivity index (χ0n) is 11.3. The van der Waals surface area contributed by atoms with E-state index >= 15 is 0 Å². The summed E-state index contributed by atoms with van der Waals surface area (Å²) < 4.78 is 39.8. The molecule has 0 saturated carbocycles. The molecule has 0 amide bonds. The van der Waals surface area contributed by atoms with E-state index in [4.69, 9.17) is 5.26 Å². The molecule has 0 bridgehead atoms. The molecular weight excluding hydrogens is 331 g/mol. The van der Waals surface area contributed by atoms with Crippen LogP contribution < -0.4 is 10.2 Å². The van der Waals surface area contributed by atoms with Crippen molar-refractivity contribution in [3.63, 3.8) is 0 Å². The first-order chi connectivity index (χ1) is 10.9. The highest BCUT2D eigenvalue weighted by Gasteiger charge is 2.30. The number of nitriles is 1. The topological polar surface area (TPSA) is 74.5 Å². The molecule has 0 saturated heterocycles. The van der Waals surface area contributed by atoms with Gasteiger partial charge in [0.2, 0.25) is 11.5 Å². The Bertz CT molecular complexity index is 747. The van der Waals surface area contributed by atoms with Crippen molar-refractivity contribution in [2.75, 3.05) is 5.43 Å². The van der Waals surface area contributed by atoms with Gasteiger partial charge in [0.15, 0.2) is 0 Å². The minimum absolute atomic E-state index is 0.297. The predicted molar refractivity (Wildman–Crippen MR) is 78.4 cm³/mol. The van der Waals surface area contributed by atoms with E-state index < -0.39 is 12.1 Å². The zero-order chi connectivity index (χ0) is 16.9. The van der Waals surface area contributed by atoms with Gasteiger partial charge in [0.05, 0.1) is 5.69 Å². The lowest BCUT2D eigenvalue weighted by Gasteiger charge is -2.09. The van der Waals surface area contributed by atoms with Crippen LogP contribution in [0.25, 0.3) is 0 Å². The second-order valence-electron chi connectivity index (χ2n) is 4.10. The van der Waals surface area contributed by atoms with Crippen molar-refractivity contribution in [2.24, 2.45) is 5.10 Å². The second-order valence-corrected chi connectivity index (χ2v) is 4.88. The monoisotopic (exact) mass is 339 g/mol. The largest absolute Gasteiger partial charge is 0.573 e. The molecule has 23 heavy (non-hydrogen) atoms. The van der Waals surface area contributed by atoms with Crippen LogP contribution in [0.3, 0.4) is 0 Å². The Hall–Kier alpha value is -2.86. The molecule has 1 heterocycles. The average molecular weight is 339 g/mol. The van der Waals surface area contributed by atoms with Crippen molar-refractivity contribution in [3.8, 4) is 11.8 Å². The Morgan fingerprint density at radius 2 is 1.96 bits per heavy atom. The number of carbonyl (C=O) groups excluding carboxylic acids is 1. The Labute approximate surface area is 132 Å². The fraction of sp³-hybridized carbons (Fsp3) is 0.0714. The smallest absolute Gasteiger partial charge is 0.406 e. The van der Waals surface area contributed by atoms with Crippen molar-refractivity contribution >= 4 is 28.5 Å². The molecule has 2 aromatic rings. The first-order valence-electron chi connectivity index (χ1n) is 6.05. The number of rotatable bonds is 5. The van der Waals surface area contributed by atoms with E-state index in [2.05, 4.69) is 15.3 Å². The summed E-state index contributed by atoms with van der Waals surface area (Å²) in [6.45, 7) is 0. The van der Waals surface area contributed by atoms with Gasteiger partial charge in [-0.2, -0.15) is 21.7 Å². The van der Waals surface area contributed by atoms with Gasteiger partial charge in [0, 0.05) is 10.9 Å². The first-order valence-corrected chi connectivity index (χ1v) is 7.00. The third-order valence-electron chi connectivity index (χ3n) is 2.49. The number of alkyl halides is 3. The number of nitrogens with one attached hydrogen (secondary N) is 1. The van der Waals surface area contributed by atoms with Crippen LogP contribution in [0.15, 0.2) is 46.2 Å². The van der Waals surface area contributed by atoms with Gasteiger partial charge in [-0.25, -0.2) is 0 Å². The van der Waals surface area contributed by atoms with E-state index in [1.807, 2.05) is 0 Å². The van der Waals surface area contributed by atoms with Crippen LogP contribution in [0.4, 0.5) is 18.9 Å². The van der Waals surface area contributed by atoms with E-state index in [1.54, 1.807) is 22.9 Å². The highest BCUT2D eigenvalue weighted by Crippen LogP contribution is 2.23. The summed E-state index contributed by atoms with van der Waals surface area (Å²) >= 11 is 1.30. The number of thiophene rings is 1. The Morgan fingerprint density at radius 1 is 1.26 bits per heavy atom. The summed E-state index contributed by atoms with van der Waals surface area (Å²) in [5.74, 6) is -0.930. The summed E-state index contributed by atoms with van der Waals surface area (Å²) in [7, 11) is 0. The molecule has 0 aliphatic carbocycles. The number of ether oxygens (including phenoxy) is 1.